The fraction of sp³-hybridized carbons (Fsp3) is 0.529. The molecule has 1 amide bonds. The van der Waals surface area contributed by atoms with Crippen molar-refractivity contribution in [2.75, 3.05) is 19.0 Å². The van der Waals surface area contributed by atoms with Crippen LogP contribution in [0.3, 0.4) is 0 Å². The number of pyridine rings is 1. The van der Waals surface area contributed by atoms with Crippen molar-refractivity contribution in [3.63, 3.8) is 0 Å². The topological polar surface area (TPSA) is 75.9 Å². The van der Waals surface area contributed by atoms with Gasteiger partial charge in [0.25, 0.3) is 5.91 Å². The molecule has 1 atom stereocenters. The summed E-state index contributed by atoms with van der Waals surface area (Å²) in [4.78, 5) is 18.7. The molecule has 0 saturated carbocycles. The first kappa shape index (κ1) is 16.4. The molecule has 128 valence electrons. The van der Waals surface area contributed by atoms with Gasteiger partial charge in [-0.2, -0.15) is 0 Å². The van der Waals surface area contributed by atoms with Gasteiger partial charge in [-0.05, 0) is 31.9 Å². The number of fused-ring (bicyclic) bond motifs is 1. The molecule has 0 spiro atoms. The van der Waals surface area contributed by atoms with Crippen LogP contribution in [0.25, 0.3) is 0 Å². The predicted octanol–water partition coefficient (Wildman–Crippen LogP) is 1.96. The van der Waals surface area contributed by atoms with Crippen molar-refractivity contribution < 1.29 is 4.79 Å². The lowest BCUT2D eigenvalue weighted by molar-refractivity contribution is 0.0937. The van der Waals surface area contributed by atoms with E-state index in [1.165, 1.54) is 6.42 Å². The molecule has 3 heterocycles. The highest BCUT2D eigenvalue weighted by molar-refractivity contribution is 5.95. The standard InChI is InChI=1S/C17H24N6O/c1-12(16-21-20-14-7-5-4-6-10-23(14)16)19-17(24)13-8-9-18-15(11-13)22(2)3/h8-9,11-12H,4-7,10H2,1-3H3,(H,19,24)/t12-/m1/s1. The number of aromatic nitrogens is 4. The Morgan fingerprint density at radius 2 is 2.12 bits per heavy atom. The Morgan fingerprint density at radius 1 is 1.29 bits per heavy atom. The molecule has 0 radical (unpaired) electrons. The van der Waals surface area contributed by atoms with Crippen LogP contribution in [0, 0.1) is 0 Å². The molecule has 2 aromatic heterocycles. The van der Waals surface area contributed by atoms with Crippen molar-refractivity contribution in [1.82, 2.24) is 25.1 Å². The van der Waals surface area contributed by atoms with Crippen LogP contribution >= 0.6 is 0 Å². The van der Waals surface area contributed by atoms with E-state index in [4.69, 9.17) is 0 Å². The van der Waals surface area contributed by atoms with E-state index < -0.39 is 0 Å². The third-order valence-electron chi connectivity index (χ3n) is 4.34. The molecule has 0 saturated heterocycles. The normalized spacial score (nSPS) is 15.3. The van der Waals surface area contributed by atoms with Crippen molar-refractivity contribution in [1.29, 1.82) is 0 Å². The molecule has 7 nitrogen and oxygen atoms in total. The van der Waals surface area contributed by atoms with E-state index in [1.54, 1.807) is 18.3 Å². The number of carbonyl (C=O) groups is 1. The second-order valence-corrected chi connectivity index (χ2v) is 6.43. The molecule has 24 heavy (non-hydrogen) atoms. The Morgan fingerprint density at radius 3 is 2.92 bits per heavy atom. The Bertz CT molecular complexity index is 724. The minimum Gasteiger partial charge on any atom is -0.363 e. The van der Waals surface area contributed by atoms with E-state index in [2.05, 4.69) is 25.1 Å². The molecule has 2 aromatic rings. The third kappa shape index (κ3) is 3.39. The van der Waals surface area contributed by atoms with Gasteiger partial charge in [0.1, 0.15) is 11.6 Å². The second-order valence-electron chi connectivity index (χ2n) is 6.43. The summed E-state index contributed by atoms with van der Waals surface area (Å²) in [5, 5.41) is 11.6. The van der Waals surface area contributed by atoms with Crippen LogP contribution in [-0.2, 0) is 13.0 Å². The fourth-order valence-electron chi connectivity index (χ4n) is 2.98. The molecular formula is C17H24N6O. The number of aryl methyl sites for hydroxylation is 1. The number of rotatable bonds is 4. The summed E-state index contributed by atoms with van der Waals surface area (Å²) in [6, 6.07) is 3.32. The zero-order valence-corrected chi connectivity index (χ0v) is 14.5. The predicted molar refractivity (Wildman–Crippen MR) is 92.0 cm³/mol. The summed E-state index contributed by atoms with van der Waals surface area (Å²) in [5.41, 5.74) is 0.594. The lowest BCUT2D eigenvalue weighted by Crippen LogP contribution is -2.29. The van der Waals surface area contributed by atoms with Gasteiger partial charge in [0.05, 0.1) is 6.04 Å². The Hall–Kier alpha value is -2.44. The molecule has 0 aromatic carbocycles. The van der Waals surface area contributed by atoms with Gasteiger partial charge in [0, 0.05) is 38.8 Å². The summed E-state index contributed by atoms with van der Waals surface area (Å²) in [7, 11) is 3.80. The lowest BCUT2D eigenvalue weighted by atomic mass is 10.2. The number of hydrogen-bond donors (Lipinski definition) is 1. The number of anilines is 1. The zero-order chi connectivity index (χ0) is 17.1. The molecule has 1 N–H and O–H groups in total. The molecule has 1 aliphatic rings. The minimum absolute atomic E-state index is 0.126. The third-order valence-corrected chi connectivity index (χ3v) is 4.34. The van der Waals surface area contributed by atoms with Crippen LogP contribution in [0.15, 0.2) is 18.3 Å². The Labute approximate surface area is 142 Å². The van der Waals surface area contributed by atoms with Gasteiger partial charge in [0.15, 0.2) is 5.82 Å². The van der Waals surface area contributed by atoms with E-state index >= 15 is 0 Å². The quantitative estimate of drug-likeness (QED) is 0.928. The van der Waals surface area contributed by atoms with Gasteiger partial charge in [0.2, 0.25) is 0 Å². The number of carbonyl (C=O) groups excluding carboxylic acids is 1. The van der Waals surface area contributed by atoms with E-state index in [9.17, 15) is 4.79 Å². The zero-order valence-electron chi connectivity index (χ0n) is 14.5. The maximum absolute atomic E-state index is 12.5. The number of amides is 1. The molecule has 3 rings (SSSR count). The largest absolute Gasteiger partial charge is 0.363 e. The Balaban J connectivity index is 1.75. The first-order valence-electron chi connectivity index (χ1n) is 8.42. The van der Waals surface area contributed by atoms with Crippen LogP contribution in [0.5, 0.6) is 0 Å². The summed E-state index contributed by atoms with van der Waals surface area (Å²) in [6.07, 6.45) is 6.12. The number of nitrogens with zero attached hydrogens (tertiary/aromatic N) is 5. The van der Waals surface area contributed by atoms with E-state index in [-0.39, 0.29) is 11.9 Å². The van der Waals surface area contributed by atoms with Gasteiger partial charge in [-0.25, -0.2) is 4.98 Å². The summed E-state index contributed by atoms with van der Waals surface area (Å²) < 4.78 is 2.16. The molecule has 0 fully saturated rings. The van der Waals surface area contributed by atoms with Crippen molar-refractivity contribution in [3.05, 3.63) is 35.5 Å². The van der Waals surface area contributed by atoms with Crippen LogP contribution in [0.2, 0.25) is 0 Å². The first-order chi connectivity index (χ1) is 11.6. The van der Waals surface area contributed by atoms with Crippen LogP contribution in [0.4, 0.5) is 5.82 Å². The molecule has 7 heteroatoms. The summed E-state index contributed by atoms with van der Waals surface area (Å²) in [5.74, 6) is 2.50. The Kier molecular flexibility index (Phi) is 4.78. The highest BCUT2D eigenvalue weighted by Crippen LogP contribution is 2.19. The van der Waals surface area contributed by atoms with Crippen LogP contribution in [0.1, 0.15) is 54.2 Å². The fourth-order valence-corrected chi connectivity index (χ4v) is 2.98. The monoisotopic (exact) mass is 328 g/mol. The first-order valence-corrected chi connectivity index (χ1v) is 8.42. The smallest absolute Gasteiger partial charge is 0.252 e. The van der Waals surface area contributed by atoms with Gasteiger partial charge >= 0.3 is 0 Å². The van der Waals surface area contributed by atoms with Crippen molar-refractivity contribution in [2.45, 2.75) is 45.2 Å². The molecule has 1 aliphatic heterocycles. The van der Waals surface area contributed by atoms with Gasteiger partial charge in [-0.3, -0.25) is 4.79 Å². The summed E-state index contributed by atoms with van der Waals surface area (Å²) >= 11 is 0. The maximum atomic E-state index is 12.5. The molecule has 0 aliphatic carbocycles. The number of nitrogens with one attached hydrogen (secondary N) is 1. The summed E-state index contributed by atoms with van der Waals surface area (Å²) in [6.45, 7) is 2.88. The molecule has 0 bridgehead atoms. The van der Waals surface area contributed by atoms with Crippen LogP contribution < -0.4 is 10.2 Å². The van der Waals surface area contributed by atoms with Gasteiger partial charge < -0.3 is 14.8 Å². The van der Waals surface area contributed by atoms with E-state index in [1.807, 2.05) is 25.9 Å². The van der Waals surface area contributed by atoms with E-state index in [0.717, 1.165) is 43.3 Å². The average molecular weight is 328 g/mol. The highest BCUT2D eigenvalue weighted by Gasteiger charge is 2.21. The van der Waals surface area contributed by atoms with Crippen molar-refractivity contribution >= 4 is 11.7 Å². The number of hydrogen-bond acceptors (Lipinski definition) is 5. The molecular weight excluding hydrogens is 304 g/mol. The molecule has 0 unspecified atom stereocenters. The lowest BCUT2D eigenvalue weighted by Gasteiger charge is -2.16. The second kappa shape index (κ2) is 6.98. The van der Waals surface area contributed by atoms with E-state index in [0.29, 0.717) is 5.56 Å². The van der Waals surface area contributed by atoms with Gasteiger partial charge in [-0.1, -0.05) is 6.42 Å². The average Bonchev–Trinajstić information content (AvgIpc) is 2.84. The van der Waals surface area contributed by atoms with Crippen LogP contribution in [-0.4, -0.2) is 39.8 Å². The SMILES string of the molecule is C[C@@H](NC(=O)c1ccnc(N(C)C)c1)c1nnc2n1CCCCC2. The van der Waals surface area contributed by atoms with Gasteiger partial charge in [-0.15, -0.1) is 10.2 Å². The highest BCUT2D eigenvalue weighted by atomic mass is 16.1. The minimum atomic E-state index is -0.187. The van der Waals surface area contributed by atoms with Crippen molar-refractivity contribution in [3.8, 4) is 0 Å². The van der Waals surface area contributed by atoms with Crippen molar-refractivity contribution in [2.24, 2.45) is 0 Å². The maximum Gasteiger partial charge on any atom is 0.252 e.